The molecule has 2 heteroatoms. The summed E-state index contributed by atoms with van der Waals surface area (Å²) in [7, 11) is 0. The Balaban J connectivity index is 0.000000132. The van der Waals surface area contributed by atoms with Crippen molar-refractivity contribution in [3.63, 3.8) is 0 Å². The molecule has 2 aromatic rings. The van der Waals surface area contributed by atoms with Crippen molar-refractivity contribution in [2.45, 2.75) is 6.92 Å². The Morgan fingerprint density at radius 1 is 0.769 bits per heavy atom. The van der Waals surface area contributed by atoms with Crippen molar-refractivity contribution in [3.05, 3.63) is 60.7 Å². The third kappa shape index (κ3) is 4.69. The van der Waals surface area contributed by atoms with Crippen LogP contribution in [0.3, 0.4) is 0 Å². The standard InChI is InChI=1S/C6H7N.C5H5N/c1-6-2-4-7-5-3-6;1-2-4-6-5-3-1/h2-5H,1H3;1-5H. The Hall–Kier alpha value is -1.70. The van der Waals surface area contributed by atoms with Crippen LogP contribution >= 0.6 is 0 Å². The van der Waals surface area contributed by atoms with E-state index < -0.39 is 0 Å². The highest BCUT2D eigenvalue weighted by molar-refractivity contribution is 5.05. The second-order valence-corrected chi connectivity index (χ2v) is 2.55. The van der Waals surface area contributed by atoms with Crippen LogP contribution in [0.4, 0.5) is 0 Å². The van der Waals surface area contributed by atoms with Gasteiger partial charge in [-0.25, -0.2) is 0 Å². The summed E-state index contributed by atoms with van der Waals surface area (Å²) in [6.45, 7) is 2.04. The van der Waals surface area contributed by atoms with Gasteiger partial charge < -0.3 is 0 Å². The molecule has 2 aromatic heterocycles. The molecule has 0 radical (unpaired) electrons. The summed E-state index contributed by atoms with van der Waals surface area (Å²) in [6, 6.07) is 9.66. The molecule has 0 aliphatic carbocycles. The van der Waals surface area contributed by atoms with Crippen LogP contribution in [0.5, 0.6) is 0 Å². The van der Waals surface area contributed by atoms with Crippen LogP contribution in [0.1, 0.15) is 5.56 Å². The average Bonchev–Trinajstić information content (AvgIpc) is 2.22. The lowest BCUT2D eigenvalue weighted by atomic mass is 10.3. The lowest BCUT2D eigenvalue weighted by Crippen LogP contribution is -1.68. The van der Waals surface area contributed by atoms with Crippen molar-refractivity contribution in [3.8, 4) is 0 Å². The molecule has 0 atom stereocenters. The quantitative estimate of drug-likeness (QED) is 0.610. The van der Waals surface area contributed by atoms with Crippen molar-refractivity contribution in [2.75, 3.05) is 0 Å². The minimum absolute atomic E-state index is 1.26. The van der Waals surface area contributed by atoms with Crippen molar-refractivity contribution in [2.24, 2.45) is 0 Å². The number of hydrogen-bond donors (Lipinski definition) is 0. The van der Waals surface area contributed by atoms with Crippen molar-refractivity contribution in [1.82, 2.24) is 9.97 Å². The van der Waals surface area contributed by atoms with Crippen LogP contribution in [-0.4, -0.2) is 9.97 Å². The molecular weight excluding hydrogens is 160 g/mol. The fourth-order valence-electron chi connectivity index (χ4n) is 0.739. The first-order chi connectivity index (χ1) is 6.39. The Kier molecular flexibility index (Phi) is 4.25. The molecule has 0 bridgehead atoms. The Labute approximate surface area is 78.3 Å². The number of pyridine rings is 2. The lowest BCUT2D eigenvalue weighted by Gasteiger charge is -1.82. The van der Waals surface area contributed by atoms with Gasteiger partial charge in [0.05, 0.1) is 0 Å². The van der Waals surface area contributed by atoms with Gasteiger partial charge in [-0.1, -0.05) is 6.07 Å². The zero-order valence-corrected chi connectivity index (χ0v) is 7.59. The highest BCUT2D eigenvalue weighted by atomic mass is 14.6. The third-order valence-electron chi connectivity index (χ3n) is 1.41. The molecular formula is C11H12N2. The number of aryl methyl sites for hydroxylation is 1. The van der Waals surface area contributed by atoms with Gasteiger partial charge in [-0.3, -0.25) is 9.97 Å². The number of nitrogens with zero attached hydrogens (tertiary/aromatic N) is 2. The summed E-state index contributed by atoms with van der Waals surface area (Å²) in [5.74, 6) is 0. The molecule has 0 saturated carbocycles. The first-order valence-electron chi connectivity index (χ1n) is 4.11. The van der Waals surface area contributed by atoms with Crippen LogP contribution in [0.25, 0.3) is 0 Å². The van der Waals surface area contributed by atoms with Crippen molar-refractivity contribution >= 4 is 0 Å². The van der Waals surface area contributed by atoms with E-state index in [1.165, 1.54) is 5.56 Å². The van der Waals surface area contributed by atoms with Gasteiger partial charge in [0.2, 0.25) is 0 Å². The summed E-state index contributed by atoms with van der Waals surface area (Å²) < 4.78 is 0. The Morgan fingerprint density at radius 3 is 1.54 bits per heavy atom. The van der Waals surface area contributed by atoms with Gasteiger partial charge in [-0.05, 0) is 36.8 Å². The number of rotatable bonds is 0. The van der Waals surface area contributed by atoms with E-state index in [0.29, 0.717) is 0 Å². The number of aromatic nitrogens is 2. The summed E-state index contributed by atoms with van der Waals surface area (Å²) in [6.07, 6.45) is 7.07. The first-order valence-corrected chi connectivity index (χ1v) is 4.11. The molecule has 13 heavy (non-hydrogen) atoms. The Morgan fingerprint density at radius 2 is 1.31 bits per heavy atom. The van der Waals surface area contributed by atoms with E-state index in [2.05, 4.69) is 9.97 Å². The maximum atomic E-state index is 3.85. The Bertz CT molecular complexity index is 279. The van der Waals surface area contributed by atoms with Crippen LogP contribution in [0.2, 0.25) is 0 Å². The van der Waals surface area contributed by atoms with Gasteiger partial charge in [-0.2, -0.15) is 0 Å². The molecule has 2 heterocycles. The molecule has 0 N–H and O–H groups in total. The van der Waals surface area contributed by atoms with Crippen molar-refractivity contribution in [1.29, 1.82) is 0 Å². The molecule has 2 nitrogen and oxygen atoms in total. The molecule has 0 aromatic carbocycles. The second-order valence-electron chi connectivity index (χ2n) is 2.55. The molecule has 66 valence electrons. The predicted molar refractivity (Wildman–Crippen MR) is 53.2 cm³/mol. The smallest absolute Gasteiger partial charge is 0.0270 e. The van der Waals surface area contributed by atoms with E-state index in [9.17, 15) is 0 Å². The number of hydrogen-bond acceptors (Lipinski definition) is 2. The maximum absolute atomic E-state index is 3.85. The molecule has 2 rings (SSSR count). The lowest BCUT2D eigenvalue weighted by molar-refractivity contribution is 1.29. The highest BCUT2D eigenvalue weighted by Crippen LogP contribution is 1.88. The predicted octanol–water partition coefficient (Wildman–Crippen LogP) is 2.47. The monoisotopic (exact) mass is 172 g/mol. The summed E-state index contributed by atoms with van der Waals surface area (Å²) in [5.41, 5.74) is 1.26. The van der Waals surface area contributed by atoms with Gasteiger partial charge >= 0.3 is 0 Å². The van der Waals surface area contributed by atoms with Crippen LogP contribution in [-0.2, 0) is 0 Å². The summed E-state index contributed by atoms with van der Waals surface area (Å²) in [5, 5.41) is 0. The zero-order chi connectivity index (χ0) is 9.36. The molecule has 0 saturated heterocycles. The highest BCUT2D eigenvalue weighted by Gasteiger charge is 1.72. The van der Waals surface area contributed by atoms with Crippen LogP contribution < -0.4 is 0 Å². The minimum Gasteiger partial charge on any atom is -0.265 e. The molecule has 0 amide bonds. The third-order valence-corrected chi connectivity index (χ3v) is 1.41. The molecule has 0 fully saturated rings. The van der Waals surface area contributed by atoms with Crippen LogP contribution in [0.15, 0.2) is 55.1 Å². The molecule has 0 unspecified atom stereocenters. The molecule has 0 aliphatic heterocycles. The zero-order valence-electron chi connectivity index (χ0n) is 7.59. The molecule has 0 aliphatic rings. The largest absolute Gasteiger partial charge is 0.265 e. The average molecular weight is 172 g/mol. The van der Waals surface area contributed by atoms with Gasteiger partial charge in [0, 0.05) is 24.8 Å². The van der Waals surface area contributed by atoms with Gasteiger partial charge in [0.25, 0.3) is 0 Å². The van der Waals surface area contributed by atoms with Gasteiger partial charge in [0.15, 0.2) is 0 Å². The second kappa shape index (κ2) is 5.89. The van der Waals surface area contributed by atoms with E-state index >= 15 is 0 Å². The van der Waals surface area contributed by atoms with Crippen molar-refractivity contribution < 1.29 is 0 Å². The van der Waals surface area contributed by atoms with E-state index in [1.54, 1.807) is 24.8 Å². The van der Waals surface area contributed by atoms with E-state index in [1.807, 2.05) is 37.3 Å². The molecule has 0 spiro atoms. The van der Waals surface area contributed by atoms with Gasteiger partial charge in [-0.15, -0.1) is 0 Å². The summed E-state index contributed by atoms with van der Waals surface area (Å²) >= 11 is 0. The normalized spacial score (nSPS) is 8.38. The van der Waals surface area contributed by atoms with E-state index in [4.69, 9.17) is 0 Å². The van der Waals surface area contributed by atoms with Gasteiger partial charge in [0.1, 0.15) is 0 Å². The fourth-order valence-corrected chi connectivity index (χ4v) is 0.739. The van der Waals surface area contributed by atoms with E-state index in [-0.39, 0.29) is 0 Å². The first kappa shape index (κ1) is 9.39. The topological polar surface area (TPSA) is 25.8 Å². The minimum atomic E-state index is 1.26. The van der Waals surface area contributed by atoms with E-state index in [0.717, 1.165) is 0 Å². The fraction of sp³-hybridized carbons (Fsp3) is 0.0909. The SMILES string of the molecule is Cc1ccncc1.c1ccncc1. The maximum Gasteiger partial charge on any atom is 0.0270 e. The summed E-state index contributed by atoms with van der Waals surface area (Å²) in [4.78, 5) is 7.63. The van der Waals surface area contributed by atoms with Crippen LogP contribution in [0, 0.1) is 6.92 Å².